The summed E-state index contributed by atoms with van der Waals surface area (Å²) in [6.07, 6.45) is 1.36. The Balaban J connectivity index is 2.27. The molecule has 8 nitrogen and oxygen atoms in total. The molecule has 0 radical (unpaired) electrons. The molecule has 0 amide bonds. The minimum Gasteiger partial charge on any atom is -0.481 e. The van der Waals surface area contributed by atoms with Gasteiger partial charge in [0.2, 0.25) is 0 Å². The van der Waals surface area contributed by atoms with Gasteiger partial charge in [0.25, 0.3) is 10.0 Å². The van der Waals surface area contributed by atoms with E-state index in [1.807, 2.05) is 6.92 Å². The number of rotatable bonds is 6. The van der Waals surface area contributed by atoms with Gasteiger partial charge in [-0.3, -0.25) is 4.79 Å². The van der Waals surface area contributed by atoms with Gasteiger partial charge in [-0.25, -0.2) is 12.4 Å². The van der Waals surface area contributed by atoms with Crippen LogP contribution in [0.2, 0.25) is 0 Å². The largest absolute Gasteiger partial charge is 0.481 e. The maximum atomic E-state index is 13.2. The van der Waals surface area contributed by atoms with Crippen LogP contribution in [0.3, 0.4) is 0 Å². The molecule has 0 saturated carbocycles. The monoisotopic (exact) mass is 401 g/mol. The number of carboxylic acids is 1. The van der Waals surface area contributed by atoms with Crippen LogP contribution < -0.4 is 5.73 Å². The van der Waals surface area contributed by atoms with Crippen LogP contribution in [0.25, 0.3) is 10.9 Å². The zero-order valence-electron chi connectivity index (χ0n) is 15.0. The average Bonchev–Trinajstić information content (AvgIpc) is 3.12. The second-order valence-electron chi connectivity index (χ2n) is 6.34. The van der Waals surface area contributed by atoms with E-state index in [-0.39, 0.29) is 23.6 Å². The molecule has 0 spiro atoms. The number of nitrogens with zero attached hydrogens (tertiary/aromatic N) is 2. The number of nitrogens with two attached hydrogens (primary N) is 1. The number of fused-ring (bicyclic) bond motifs is 1. The number of benzene rings is 2. The van der Waals surface area contributed by atoms with Crippen LogP contribution in [0.15, 0.2) is 58.7 Å². The molecule has 0 aliphatic heterocycles. The number of aliphatic carboxylic acids is 1. The lowest BCUT2D eigenvalue weighted by Crippen LogP contribution is -2.16. The Hall–Kier alpha value is -3.33. The van der Waals surface area contributed by atoms with E-state index in [9.17, 15) is 13.2 Å². The van der Waals surface area contributed by atoms with Gasteiger partial charge in [0.15, 0.2) is 5.84 Å². The Morgan fingerprint density at radius 1 is 1.14 bits per heavy atom. The molecule has 0 atom stereocenters. The summed E-state index contributed by atoms with van der Waals surface area (Å²) in [6, 6.07) is 11.2. The molecular weight excluding hydrogens is 382 g/mol. The summed E-state index contributed by atoms with van der Waals surface area (Å²) in [5.74, 6) is -1.16. The van der Waals surface area contributed by atoms with Crippen molar-refractivity contribution in [2.75, 3.05) is 0 Å². The van der Waals surface area contributed by atoms with Crippen LogP contribution in [0.5, 0.6) is 0 Å². The van der Waals surface area contributed by atoms with Crippen molar-refractivity contribution in [2.45, 2.75) is 24.7 Å². The second kappa shape index (κ2) is 7.35. The number of amidine groups is 1. The summed E-state index contributed by atoms with van der Waals surface area (Å²) in [5, 5.41) is 21.5. The molecule has 0 fully saturated rings. The molecule has 0 aliphatic carbocycles. The Labute approximate surface area is 161 Å². The lowest BCUT2D eigenvalue weighted by molar-refractivity contribution is -0.136. The van der Waals surface area contributed by atoms with Crippen molar-refractivity contribution in [1.82, 2.24) is 3.97 Å². The Kier molecular flexibility index (Phi) is 5.10. The first kappa shape index (κ1) is 19.4. The fourth-order valence-corrected chi connectivity index (χ4v) is 4.43. The molecule has 3 aromatic rings. The number of hydrogen-bond acceptors (Lipinski definition) is 5. The Morgan fingerprint density at radius 2 is 1.82 bits per heavy atom. The predicted molar refractivity (Wildman–Crippen MR) is 104 cm³/mol. The van der Waals surface area contributed by atoms with Crippen molar-refractivity contribution in [3.63, 3.8) is 0 Å². The van der Waals surface area contributed by atoms with E-state index < -0.39 is 16.0 Å². The van der Waals surface area contributed by atoms with E-state index in [4.69, 9.17) is 16.0 Å². The molecular formula is C19H19N3O5S. The maximum Gasteiger partial charge on any atom is 0.303 e. The van der Waals surface area contributed by atoms with Crippen molar-refractivity contribution in [2.24, 2.45) is 10.9 Å². The van der Waals surface area contributed by atoms with Gasteiger partial charge in [-0.05, 0) is 37.1 Å². The third-order valence-corrected chi connectivity index (χ3v) is 6.16. The molecule has 1 aromatic heterocycles. The van der Waals surface area contributed by atoms with Crippen molar-refractivity contribution in [3.8, 4) is 0 Å². The van der Waals surface area contributed by atoms with Gasteiger partial charge >= 0.3 is 5.97 Å². The predicted octanol–water partition coefficient (Wildman–Crippen LogP) is 2.30. The highest BCUT2D eigenvalue weighted by Gasteiger charge is 2.22. The molecule has 0 unspecified atom stereocenters. The summed E-state index contributed by atoms with van der Waals surface area (Å²) in [7, 11) is -3.92. The molecule has 4 N–H and O–H groups in total. The third kappa shape index (κ3) is 3.44. The van der Waals surface area contributed by atoms with Gasteiger partial charge in [0, 0.05) is 23.6 Å². The first-order valence-corrected chi connectivity index (χ1v) is 9.84. The summed E-state index contributed by atoms with van der Waals surface area (Å²) in [5.41, 5.74) is 7.85. The van der Waals surface area contributed by atoms with Crippen molar-refractivity contribution in [1.29, 1.82) is 0 Å². The van der Waals surface area contributed by atoms with Crippen molar-refractivity contribution in [3.05, 3.63) is 65.4 Å². The van der Waals surface area contributed by atoms with E-state index in [1.54, 1.807) is 30.3 Å². The molecule has 9 heteroatoms. The van der Waals surface area contributed by atoms with E-state index in [1.165, 1.54) is 18.3 Å². The number of oxime groups is 1. The van der Waals surface area contributed by atoms with Crippen LogP contribution >= 0.6 is 0 Å². The van der Waals surface area contributed by atoms with Gasteiger partial charge in [-0.1, -0.05) is 35.0 Å². The lowest BCUT2D eigenvalue weighted by Gasteiger charge is -2.12. The smallest absolute Gasteiger partial charge is 0.303 e. The van der Waals surface area contributed by atoms with Crippen molar-refractivity contribution >= 4 is 32.7 Å². The molecule has 0 bridgehead atoms. The summed E-state index contributed by atoms with van der Waals surface area (Å²) in [6.45, 7) is 1.86. The van der Waals surface area contributed by atoms with E-state index in [0.29, 0.717) is 22.0 Å². The third-order valence-electron chi connectivity index (χ3n) is 4.47. The minimum atomic E-state index is -3.92. The number of carboxylic acid groups (broad SMARTS) is 1. The highest BCUT2D eigenvalue weighted by Crippen LogP contribution is 2.29. The summed E-state index contributed by atoms with van der Waals surface area (Å²) in [4.78, 5) is 11.1. The SMILES string of the molecule is Cc1ccc(S(=O)(=O)n2ccc3c(C(N)=NO)ccc(CCC(=O)O)c32)cc1. The van der Waals surface area contributed by atoms with Crippen LogP contribution in [0.4, 0.5) is 0 Å². The van der Waals surface area contributed by atoms with Gasteiger partial charge in [0.1, 0.15) is 0 Å². The van der Waals surface area contributed by atoms with Gasteiger partial charge in [-0.2, -0.15) is 0 Å². The number of hydrogen-bond donors (Lipinski definition) is 3. The first-order chi connectivity index (χ1) is 13.3. The summed E-state index contributed by atoms with van der Waals surface area (Å²) < 4.78 is 27.5. The number of aromatic nitrogens is 1. The van der Waals surface area contributed by atoms with Gasteiger partial charge in [-0.15, -0.1) is 0 Å². The van der Waals surface area contributed by atoms with Crippen LogP contribution in [0, 0.1) is 6.92 Å². The summed E-state index contributed by atoms with van der Waals surface area (Å²) >= 11 is 0. The van der Waals surface area contributed by atoms with Gasteiger partial charge in [0.05, 0.1) is 10.4 Å². The molecule has 28 heavy (non-hydrogen) atoms. The molecule has 0 saturated heterocycles. The quantitative estimate of drug-likeness (QED) is 0.251. The maximum absolute atomic E-state index is 13.2. The fraction of sp³-hybridized carbons (Fsp3) is 0.158. The molecule has 3 rings (SSSR count). The fourth-order valence-electron chi connectivity index (χ4n) is 3.04. The average molecular weight is 401 g/mol. The zero-order chi connectivity index (χ0) is 20.5. The molecule has 2 aromatic carbocycles. The number of carbonyl (C=O) groups is 1. The molecule has 1 heterocycles. The van der Waals surface area contributed by atoms with Crippen LogP contribution in [-0.4, -0.2) is 34.5 Å². The van der Waals surface area contributed by atoms with E-state index in [2.05, 4.69) is 5.16 Å². The van der Waals surface area contributed by atoms with Crippen molar-refractivity contribution < 1.29 is 23.5 Å². The zero-order valence-corrected chi connectivity index (χ0v) is 15.8. The van der Waals surface area contributed by atoms with Gasteiger partial charge < -0.3 is 16.0 Å². The standard InChI is InChI=1S/C19H19N3O5S/c1-12-2-6-14(7-3-12)28(26,27)22-11-10-15-16(19(20)21-25)8-4-13(18(15)22)5-9-17(23)24/h2-4,6-8,10-11,25H,5,9H2,1H3,(H2,20,21)(H,23,24). The molecule has 146 valence electrons. The van der Waals surface area contributed by atoms with E-state index in [0.717, 1.165) is 9.54 Å². The highest BCUT2D eigenvalue weighted by molar-refractivity contribution is 7.90. The number of aryl methyl sites for hydroxylation is 2. The minimum absolute atomic E-state index is 0.106. The normalized spacial score (nSPS) is 12.4. The highest BCUT2D eigenvalue weighted by atomic mass is 32.2. The van der Waals surface area contributed by atoms with E-state index >= 15 is 0 Å². The first-order valence-electron chi connectivity index (χ1n) is 8.40. The Morgan fingerprint density at radius 3 is 2.43 bits per heavy atom. The second-order valence-corrected chi connectivity index (χ2v) is 8.16. The topological polar surface area (TPSA) is 135 Å². The molecule has 0 aliphatic rings. The lowest BCUT2D eigenvalue weighted by atomic mass is 10.0. The van der Waals surface area contributed by atoms with Crippen LogP contribution in [-0.2, 0) is 21.2 Å². The Bertz CT molecular complexity index is 1180. The van der Waals surface area contributed by atoms with Crippen LogP contribution in [0.1, 0.15) is 23.1 Å².